The highest BCUT2D eigenvalue weighted by atomic mass is 16.8. The SMILES string of the molecule is COC1CC(OC2CCC3(C)C(=CCC4(O)C3C(OC(C)=O)C(OC(=O)/C=C/c3ccccc3)C3(C)C(C(C)=O)CCC43O)C2)OC(C)C1OC1CC(OC)C(OC2CC(OC)C(OC3OC(C)C(O)C(OC)C3O)C(C)O2)C(C)O1. The number of carbonyl (C=O) groups is 3. The average Bonchev–Trinajstić information content (AvgIpc) is 1.89. The number of hydrogen-bond acceptors (Lipinski definition) is 21. The number of ketones is 1. The van der Waals surface area contributed by atoms with Crippen LogP contribution in [0.2, 0.25) is 0 Å². The molecule has 9 rings (SSSR count). The van der Waals surface area contributed by atoms with E-state index in [0.29, 0.717) is 32.1 Å². The molecular weight excluding hydrogens is 1060 g/mol. The minimum Gasteiger partial charge on any atom is -0.458 e. The summed E-state index contributed by atoms with van der Waals surface area (Å²) in [5.74, 6) is -3.36. The van der Waals surface area contributed by atoms with Crippen molar-refractivity contribution in [2.75, 3.05) is 28.4 Å². The highest BCUT2D eigenvalue weighted by molar-refractivity contribution is 5.87. The van der Waals surface area contributed by atoms with Gasteiger partial charge in [-0.2, -0.15) is 0 Å². The van der Waals surface area contributed by atoms with Crippen LogP contribution in [0.15, 0.2) is 48.1 Å². The number of benzene rings is 1. The van der Waals surface area contributed by atoms with Gasteiger partial charge in [-0.1, -0.05) is 55.8 Å². The maximum atomic E-state index is 13.9. The molecule has 4 saturated heterocycles. The van der Waals surface area contributed by atoms with Crippen molar-refractivity contribution >= 4 is 23.8 Å². The van der Waals surface area contributed by atoms with Crippen LogP contribution in [0.1, 0.15) is 119 Å². The zero-order valence-corrected chi connectivity index (χ0v) is 48.9. The van der Waals surface area contributed by atoms with E-state index in [1.54, 1.807) is 41.3 Å². The maximum Gasteiger partial charge on any atom is 0.331 e. The lowest BCUT2D eigenvalue weighted by molar-refractivity contribution is -0.356. The van der Waals surface area contributed by atoms with E-state index in [1.807, 2.05) is 64.1 Å². The topological polar surface area (TPSA) is 261 Å². The van der Waals surface area contributed by atoms with Crippen molar-refractivity contribution in [2.45, 2.75) is 247 Å². The van der Waals surface area contributed by atoms with Crippen molar-refractivity contribution in [3.8, 4) is 0 Å². The van der Waals surface area contributed by atoms with Gasteiger partial charge in [0, 0.05) is 78.0 Å². The van der Waals surface area contributed by atoms with Gasteiger partial charge in [0.1, 0.15) is 65.8 Å². The molecule has 81 heavy (non-hydrogen) atoms. The third-order valence-electron chi connectivity index (χ3n) is 19.7. The van der Waals surface area contributed by atoms with Gasteiger partial charge in [-0.15, -0.1) is 0 Å². The van der Waals surface area contributed by atoms with Crippen molar-refractivity contribution in [1.82, 2.24) is 0 Å². The molecule has 3 saturated carbocycles. The van der Waals surface area contributed by atoms with E-state index in [4.69, 9.17) is 66.3 Å². The molecule has 21 nitrogen and oxygen atoms in total. The van der Waals surface area contributed by atoms with Crippen molar-refractivity contribution < 1.29 is 101 Å². The first-order chi connectivity index (χ1) is 38.4. The minimum absolute atomic E-state index is 0.00277. The van der Waals surface area contributed by atoms with Gasteiger partial charge in [0.15, 0.2) is 25.2 Å². The fraction of sp³-hybridized carbons (Fsp3) is 0.783. The van der Waals surface area contributed by atoms with Crippen molar-refractivity contribution in [2.24, 2.45) is 22.7 Å². The summed E-state index contributed by atoms with van der Waals surface area (Å²) in [5.41, 5.74) is -4.49. The molecule has 8 aliphatic rings. The summed E-state index contributed by atoms with van der Waals surface area (Å²) in [4.78, 5) is 40.6. The van der Waals surface area contributed by atoms with E-state index in [1.165, 1.54) is 27.0 Å². The largest absolute Gasteiger partial charge is 0.458 e. The van der Waals surface area contributed by atoms with Crippen LogP contribution < -0.4 is 0 Å². The molecule has 0 amide bonds. The van der Waals surface area contributed by atoms with Gasteiger partial charge in [-0.25, -0.2) is 4.79 Å². The lowest BCUT2D eigenvalue weighted by Crippen LogP contribution is -2.80. The third-order valence-corrected chi connectivity index (χ3v) is 19.7. The van der Waals surface area contributed by atoms with Gasteiger partial charge in [0.2, 0.25) is 0 Å². The highest BCUT2D eigenvalue weighted by Crippen LogP contribution is 2.70. The lowest BCUT2D eigenvalue weighted by Gasteiger charge is -2.68. The van der Waals surface area contributed by atoms with E-state index in [2.05, 4.69) is 0 Å². The van der Waals surface area contributed by atoms with Crippen molar-refractivity contribution in [1.29, 1.82) is 0 Å². The molecule has 0 radical (unpaired) electrons. The number of fused-ring (bicyclic) bond motifs is 5. The minimum atomic E-state index is -1.91. The Balaban J connectivity index is 0.836. The molecular formula is C60H88O21. The predicted molar refractivity (Wildman–Crippen MR) is 286 cm³/mol. The van der Waals surface area contributed by atoms with Crippen LogP contribution in [0.4, 0.5) is 0 Å². The quantitative estimate of drug-likeness (QED) is 0.0941. The first-order valence-electron chi connectivity index (χ1n) is 28.9. The molecule has 0 aromatic heterocycles. The summed E-state index contributed by atoms with van der Waals surface area (Å²) in [7, 11) is 6.21. The second-order valence-corrected chi connectivity index (χ2v) is 24.3. The number of Topliss-reactive ketones (excluding diaryl/α,β-unsaturated/α-hetero) is 1. The smallest absolute Gasteiger partial charge is 0.331 e. The fourth-order valence-electron chi connectivity index (χ4n) is 15.5. The zero-order chi connectivity index (χ0) is 58.5. The highest BCUT2D eigenvalue weighted by Gasteiger charge is 2.81. The van der Waals surface area contributed by atoms with Crippen LogP contribution in [0.25, 0.3) is 6.08 Å². The van der Waals surface area contributed by atoms with E-state index in [9.17, 15) is 34.8 Å². The summed E-state index contributed by atoms with van der Waals surface area (Å²) in [6.07, 6.45) is -7.08. The van der Waals surface area contributed by atoms with Crippen LogP contribution in [-0.2, 0) is 80.7 Å². The molecule has 26 atom stereocenters. The lowest BCUT2D eigenvalue weighted by atomic mass is 9.42. The zero-order valence-electron chi connectivity index (χ0n) is 48.9. The monoisotopic (exact) mass is 1140 g/mol. The first kappa shape index (κ1) is 62.2. The molecule has 1 aromatic rings. The van der Waals surface area contributed by atoms with Crippen LogP contribution in [0.5, 0.6) is 0 Å². The summed E-state index contributed by atoms with van der Waals surface area (Å²) < 4.78 is 87.5. The summed E-state index contributed by atoms with van der Waals surface area (Å²) in [5, 5.41) is 47.9. The molecule has 21 heteroatoms. The normalized spacial score (nSPS) is 47.1. The van der Waals surface area contributed by atoms with Gasteiger partial charge < -0.3 is 86.7 Å². The Kier molecular flexibility index (Phi) is 19.2. The van der Waals surface area contributed by atoms with Crippen LogP contribution in [0.3, 0.4) is 0 Å². The Bertz CT molecular complexity index is 2410. The van der Waals surface area contributed by atoms with Gasteiger partial charge in [-0.05, 0) is 90.2 Å². The molecule has 0 spiro atoms. The Morgan fingerprint density at radius 1 is 0.642 bits per heavy atom. The van der Waals surface area contributed by atoms with Crippen LogP contribution >= 0.6 is 0 Å². The summed E-state index contributed by atoms with van der Waals surface area (Å²) >= 11 is 0. The number of rotatable bonds is 17. The number of aliphatic hydroxyl groups excluding tert-OH is 2. The molecule has 454 valence electrons. The second kappa shape index (κ2) is 24.9. The molecule has 7 fully saturated rings. The fourth-order valence-corrected chi connectivity index (χ4v) is 15.5. The molecule has 26 unspecified atom stereocenters. The van der Waals surface area contributed by atoms with Crippen LogP contribution in [-0.4, -0.2) is 201 Å². The first-order valence-corrected chi connectivity index (χ1v) is 28.9. The van der Waals surface area contributed by atoms with E-state index < -0.39 is 163 Å². The second-order valence-electron chi connectivity index (χ2n) is 24.3. The Morgan fingerprint density at radius 3 is 1.73 bits per heavy atom. The third kappa shape index (κ3) is 11.6. The van der Waals surface area contributed by atoms with Gasteiger partial charge in [-0.3, -0.25) is 9.59 Å². The van der Waals surface area contributed by atoms with Crippen molar-refractivity contribution in [3.05, 3.63) is 53.6 Å². The predicted octanol–water partition coefficient (Wildman–Crippen LogP) is 4.63. The van der Waals surface area contributed by atoms with Crippen LogP contribution in [0, 0.1) is 22.7 Å². The molecule has 0 bridgehead atoms. The summed E-state index contributed by atoms with van der Waals surface area (Å²) in [6.45, 7) is 13.7. The van der Waals surface area contributed by atoms with Crippen molar-refractivity contribution in [3.63, 3.8) is 0 Å². The number of hydrogen-bond donors (Lipinski definition) is 4. The number of carbonyl (C=O) groups excluding carboxylic acids is 3. The maximum absolute atomic E-state index is 13.9. The number of aliphatic hydroxyl groups is 4. The molecule has 4 aliphatic heterocycles. The molecule has 4 N–H and O–H groups in total. The standard InChI is InChI=1S/C60H88O21/c1-30(61)39-22-25-60(67)58(39,8)55(78-43(63)19-18-36-16-14-13-15-17-36)53(76-35(6)62)54-57(7)23-21-38(26-37(57)20-24-59(54,60)66)77-44-27-40(68-9)49(32(3)72-44)79-45-28-41(69-10)50(33(4)73-45)80-46-29-42(70-11)51(34(5)74-46)81-56-48(65)52(71-12)47(64)31(2)75-56/h13-20,31-34,38-42,44-56,64-67H,21-29H2,1-12H3/b19-18+. The summed E-state index contributed by atoms with van der Waals surface area (Å²) in [6, 6.07) is 9.22. The Hall–Kier alpha value is -3.33. The Labute approximate surface area is 475 Å². The molecule has 4 aliphatic carbocycles. The van der Waals surface area contributed by atoms with E-state index >= 15 is 0 Å². The average molecular weight is 1150 g/mol. The number of esters is 2. The van der Waals surface area contributed by atoms with E-state index in [-0.39, 0.29) is 37.6 Å². The Morgan fingerprint density at radius 2 is 1.20 bits per heavy atom. The van der Waals surface area contributed by atoms with Gasteiger partial charge >= 0.3 is 11.9 Å². The molecule has 1 aromatic carbocycles. The van der Waals surface area contributed by atoms with E-state index in [0.717, 1.165) is 11.1 Å². The van der Waals surface area contributed by atoms with Gasteiger partial charge in [0.05, 0.1) is 48.8 Å². The number of methoxy groups -OCH3 is 4. The van der Waals surface area contributed by atoms with Gasteiger partial charge in [0.25, 0.3) is 0 Å². The molecule has 4 heterocycles. The number of ether oxygens (including phenoxy) is 14.